The van der Waals surface area contributed by atoms with Gasteiger partial charge in [0.1, 0.15) is 0 Å². The zero-order valence-electron chi connectivity index (χ0n) is 13.4. The van der Waals surface area contributed by atoms with Gasteiger partial charge in [0.15, 0.2) is 5.41 Å². The number of aromatic nitrogens is 1. The van der Waals surface area contributed by atoms with E-state index in [1.165, 1.54) is 5.56 Å². The van der Waals surface area contributed by atoms with Gasteiger partial charge in [0.05, 0.1) is 12.6 Å². The fourth-order valence-electron chi connectivity index (χ4n) is 3.97. The van der Waals surface area contributed by atoms with Gasteiger partial charge in [-0.05, 0) is 36.1 Å². The molecule has 0 unspecified atom stereocenters. The van der Waals surface area contributed by atoms with E-state index >= 15 is 0 Å². The van der Waals surface area contributed by atoms with Crippen molar-refractivity contribution in [3.63, 3.8) is 0 Å². The Hall–Kier alpha value is -2.69. The Morgan fingerprint density at radius 1 is 1.33 bits per heavy atom. The molecule has 0 N–H and O–H groups in total. The van der Waals surface area contributed by atoms with Gasteiger partial charge in [-0.1, -0.05) is 30.3 Å². The summed E-state index contributed by atoms with van der Waals surface area (Å²) in [6, 6.07) is 11.2. The Kier molecular flexibility index (Phi) is 3.37. The van der Waals surface area contributed by atoms with E-state index in [0.717, 1.165) is 12.0 Å². The molecular formula is C19H18N2O3. The number of benzene rings is 1. The molecule has 122 valence electrons. The molecule has 2 atom stereocenters. The quantitative estimate of drug-likeness (QED) is 0.493. The number of ether oxygens (including phenoxy) is 1. The molecule has 4 rings (SSSR count). The number of fused-ring (bicyclic) bond motifs is 3. The summed E-state index contributed by atoms with van der Waals surface area (Å²) in [5, 5.41) is 0. The summed E-state index contributed by atoms with van der Waals surface area (Å²) >= 11 is 0. The number of hydrogen-bond donors (Lipinski definition) is 0. The Bertz CT molecular complexity index is 805. The topological polar surface area (TPSA) is 59.5 Å². The minimum atomic E-state index is -1.32. The van der Waals surface area contributed by atoms with Gasteiger partial charge in [-0.15, -0.1) is 0 Å². The minimum Gasteiger partial charge on any atom is -0.465 e. The molecular weight excluding hydrogens is 304 g/mol. The fraction of sp³-hybridized carbons (Fsp3) is 0.316. The Morgan fingerprint density at radius 3 is 2.92 bits per heavy atom. The molecule has 0 radical (unpaired) electrons. The lowest BCUT2D eigenvalue weighted by atomic mass is 9.61. The first kappa shape index (κ1) is 14.9. The van der Waals surface area contributed by atoms with E-state index < -0.39 is 11.4 Å². The number of pyridine rings is 1. The van der Waals surface area contributed by atoms with Crippen molar-refractivity contribution in [3.05, 3.63) is 65.5 Å². The number of rotatable bonds is 3. The zero-order chi connectivity index (χ0) is 16.7. The normalized spacial score (nSPS) is 24.6. The molecule has 5 heteroatoms. The van der Waals surface area contributed by atoms with Gasteiger partial charge in [-0.2, -0.15) is 0 Å². The van der Waals surface area contributed by atoms with Crippen molar-refractivity contribution in [3.8, 4) is 0 Å². The Labute approximate surface area is 140 Å². The van der Waals surface area contributed by atoms with Crippen LogP contribution >= 0.6 is 0 Å². The minimum absolute atomic E-state index is 0.187. The van der Waals surface area contributed by atoms with Crippen LogP contribution in [0.3, 0.4) is 0 Å². The molecule has 0 aliphatic carbocycles. The van der Waals surface area contributed by atoms with Crippen LogP contribution in [0.25, 0.3) is 0 Å². The highest BCUT2D eigenvalue weighted by atomic mass is 16.5. The molecule has 2 aliphatic heterocycles. The van der Waals surface area contributed by atoms with Crippen molar-refractivity contribution in [1.29, 1.82) is 0 Å². The summed E-state index contributed by atoms with van der Waals surface area (Å²) < 4.78 is 5.32. The van der Waals surface area contributed by atoms with Crippen LogP contribution in [0, 0.1) is 0 Å². The summed E-state index contributed by atoms with van der Waals surface area (Å²) in [6.45, 7) is 2.62. The largest absolute Gasteiger partial charge is 0.465 e. The second kappa shape index (κ2) is 5.44. The first-order valence-electron chi connectivity index (χ1n) is 8.17. The molecule has 2 aliphatic rings. The lowest BCUT2D eigenvalue weighted by Crippen LogP contribution is -2.71. The molecule has 1 aromatic heterocycles. The predicted octanol–water partition coefficient (Wildman–Crippen LogP) is 2.02. The second-order valence-corrected chi connectivity index (χ2v) is 6.12. The fourth-order valence-corrected chi connectivity index (χ4v) is 3.97. The number of carbonyl (C=O) groups excluding carboxylic acids is 2. The van der Waals surface area contributed by atoms with Crippen LogP contribution < -0.4 is 0 Å². The summed E-state index contributed by atoms with van der Waals surface area (Å²) in [6.07, 6.45) is 4.05. The second-order valence-electron chi connectivity index (χ2n) is 6.12. The molecule has 1 fully saturated rings. The monoisotopic (exact) mass is 322 g/mol. The van der Waals surface area contributed by atoms with Crippen LogP contribution in [0.5, 0.6) is 0 Å². The molecule has 24 heavy (non-hydrogen) atoms. The van der Waals surface area contributed by atoms with Crippen LogP contribution in [-0.2, 0) is 26.2 Å². The Morgan fingerprint density at radius 2 is 2.17 bits per heavy atom. The van der Waals surface area contributed by atoms with E-state index in [0.29, 0.717) is 12.1 Å². The average molecular weight is 322 g/mol. The summed E-state index contributed by atoms with van der Waals surface area (Å²) in [7, 11) is 0. The highest BCUT2D eigenvalue weighted by Gasteiger charge is 2.69. The predicted molar refractivity (Wildman–Crippen MR) is 87.1 cm³/mol. The molecule has 0 saturated carbocycles. The van der Waals surface area contributed by atoms with Crippen molar-refractivity contribution in [2.75, 3.05) is 13.2 Å². The van der Waals surface area contributed by atoms with E-state index in [1.807, 2.05) is 18.2 Å². The maximum absolute atomic E-state index is 13.0. The van der Waals surface area contributed by atoms with Gasteiger partial charge in [0.25, 0.3) is 0 Å². The molecule has 1 aromatic carbocycles. The summed E-state index contributed by atoms with van der Waals surface area (Å²) in [5.41, 5.74) is 1.50. The van der Waals surface area contributed by atoms with E-state index in [9.17, 15) is 9.59 Å². The van der Waals surface area contributed by atoms with Gasteiger partial charge in [0.2, 0.25) is 5.91 Å². The van der Waals surface area contributed by atoms with Crippen molar-refractivity contribution < 1.29 is 14.3 Å². The zero-order valence-corrected chi connectivity index (χ0v) is 13.4. The van der Waals surface area contributed by atoms with Crippen LogP contribution in [0.15, 0.2) is 48.8 Å². The Balaban J connectivity index is 1.92. The van der Waals surface area contributed by atoms with Gasteiger partial charge < -0.3 is 9.64 Å². The van der Waals surface area contributed by atoms with E-state index in [2.05, 4.69) is 11.1 Å². The SMILES string of the molecule is CCOC(=O)[C@@]1(c2cccnc2)C(=O)N2CCc3ccccc3[C@H]21. The van der Waals surface area contributed by atoms with E-state index in [4.69, 9.17) is 4.74 Å². The van der Waals surface area contributed by atoms with Gasteiger partial charge in [-0.25, -0.2) is 0 Å². The van der Waals surface area contributed by atoms with Crippen molar-refractivity contribution in [2.24, 2.45) is 0 Å². The number of amides is 1. The van der Waals surface area contributed by atoms with Gasteiger partial charge in [-0.3, -0.25) is 14.6 Å². The number of hydrogen-bond acceptors (Lipinski definition) is 4. The van der Waals surface area contributed by atoms with Gasteiger partial charge >= 0.3 is 5.97 Å². The number of esters is 1. The number of β-lactam (4-membered cyclic amide) rings is 1. The molecule has 3 heterocycles. The number of nitrogens with zero attached hydrogens (tertiary/aromatic N) is 2. The van der Waals surface area contributed by atoms with E-state index in [-0.39, 0.29) is 18.6 Å². The standard InChI is InChI=1S/C19H18N2O3/c1-2-24-18(23)19(14-7-5-10-20-12-14)16-15-8-4-3-6-13(15)9-11-21(16)17(19)22/h3-8,10,12,16H,2,9,11H2,1H3/t16-,19+/m0/s1. The smallest absolute Gasteiger partial charge is 0.328 e. The van der Waals surface area contributed by atoms with Crippen LogP contribution in [0.2, 0.25) is 0 Å². The van der Waals surface area contributed by atoms with Crippen molar-refractivity contribution in [1.82, 2.24) is 9.88 Å². The highest BCUT2D eigenvalue weighted by molar-refractivity contribution is 6.14. The molecule has 2 aromatic rings. The first-order chi connectivity index (χ1) is 11.7. The number of carbonyl (C=O) groups is 2. The van der Waals surface area contributed by atoms with Crippen LogP contribution in [0.1, 0.15) is 29.7 Å². The maximum atomic E-state index is 13.0. The average Bonchev–Trinajstić information content (AvgIpc) is 2.62. The van der Waals surface area contributed by atoms with E-state index in [1.54, 1.807) is 36.4 Å². The molecule has 0 bridgehead atoms. The highest BCUT2D eigenvalue weighted by Crippen LogP contribution is 2.54. The first-order valence-corrected chi connectivity index (χ1v) is 8.17. The van der Waals surface area contributed by atoms with Gasteiger partial charge in [0, 0.05) is 18.9 Å². The third kappa shape index (κ3) is 1.78. The third-order valence-electron chi connectivity index (χ3n) is 5.01. The lowest BCUT2D eigenvalue weighted by molar-refractivity contribution is -0.180. The molecule has 0 spiro atoms. The molecule has 5 nitrogen and oxygen atoms in total. The third-order valence-corrected chi connectivity index (χ3v) is 5.01. The summed E-state index contributed by atoms with van der Waals surface area (Å²) in [4.78, 5) is 31.9. The van der Waals surface area contributed by atoms with Crippen molar-refractivity contribution >= 4 is 11.9 Å². The summed E-state index contributed by atoms with van der Waals surface area (Å²) in [5.74, 6) is -0.672. The molecule has 1 amide bonds. The molecule has 1 saturated heterocycles. The van der Waals surface area contributed by atoms with Crippen molar-refractivity contribution in [2.45, 2.75) is 24.8 Å². The van der Waals surface area contributed by atoms with Crippen LogP contribution in [0.4, 0.5) is 0 Å². The van der Waals surface area contributed by atoms with Crippen LogP contribution in [-0.4, -0.2) is 34.9 Å². The lowest BCUT2D eigenvalue weighted by Gasteiger charge is -2.56. The maximum Gasteiger partial charge on any atom is 0.328 e.